The molecule has 1 aromatic carbocycles. The van der Waals surface area contributed by atoms with Gasteiger partial charge >= 0.3 is 5.97 Å². The van der Waals surface area contributed by atoms with Gasteiger partial charge in [0.25, 0.3) is 0 Å². The van der Waals surface area contributed by atoms with Gasteiger partial charge in [-0.25, -0.2) is 4.79 Å². The van der Waals surface area contributed by atoms with Crippen molar-refractivity contribution in [2.45, 2.75) is 0 Å². The molecule has 0 fully saturated rings. The number of nitrogens with zero attached hydrogens (tertiary/aromatic N) is 4. The summed E-state index contributed by atoms with van der Waals surface area (Å²) in [7, 11) is 6.73. The first kappa shape index (κ1) is 15.5. The minimum atomic E-state index is -0.432. The molecule has 1 heterocycles. The van der Waals surface area contributed by atoms with E-state index in [9.17, 15) is 4.79 Å². The standard InChI is InChI=1S/C14H18N6O2/c1-15-12-17-13(19-14(18-12)20(2)3)16-10-8-6-5-7-9(10)11(21)22-4/h5-8H,1-4H3,(H2,15,16,17,18,19). The normalized spacial score (nSPS) is 10.0. The summed E-state index contributed by atoms with van der Waals surface area (Å²) in [6.07, 6.45) is 0. The molecule has 2 rings (SSSR count). The molecule has 0 amide bonds. The molecule has 0 saturated carbocycles. The van der Waals surface area contributed by atoms with Gasteiger partial charge in [-0.05, 0) is 12.1 Å². The van der Waals surface area contributed by atoms with E-state index in [1.165, 1.54) is 7.11 Å². The maximum Gasteiger partial charge on any atom is 0.339 e. The predicted octanol–water partition coefficient (Wildman–Crippen LogP) is 1.51. The number of hydrogen-bond acceptors (Lipinski definition) is 8. The second-order valence-electron chi connectivity index (χ2n) is 4.59. The van der Waals surface area contributed by atoms with E-state index in [-0.39, 0.29) is 0 Å². The lowest BCUT2D eigenvalue weighted by molar-refractivity contribution is 0.0602. The molecular formula is C14H18N6O2. The minimum absolute atomic E-state index is 0.333. The van der Waals surface area contributed by atoms with Gasteiger partial charge < -0.3 is 20.3 Å². The van der Waals surface area contributed by atoms with Crippen molar-refractivity contribution in [2.24, 2.45) is 0 Å². The van der Waals surface area contributed by atoms with E-state index in [2.05, 4.69) is 25.6 Å². The summed E-state index contributed by atoms with van der Waals surface area (Å²) < 4.78 is 4.77. The topological polar surface area (TPSA) is 92.3 Å². The lowest BCUT2D eigenvalue weighted by Gasteiger charge is -2.14. The summed E-state index contributed by atoms with van der Waals surface area (Å²) in [5.41, 5.74) is 0.968. The van der Waals surface area contributed by atoms with Crippen molar-refractivity contribution in [1.82, 2.24) is 15.0 Å². The highest BCUT2D eigenvalue weighted by Crippen LogP contribution is 2.21. The van der Waals surface area contributed by atoms with Gasteiger partial charge in [-0.15, -0.1) is 0 Å². The number of hydrogen-bond donors (Lipinski definition) is 2. The van der Waals surface area contributed by atoms with Gasteiger partial charge in [-0.1, -0.05) is 12.1 Å². The van der Waals surface area contributed by atoms with Crippen LogP contribution in [0.4, 0.5) is 23.5 Å². The fourth-order valence-corrected chi connectivity index (χ4v) is 1.73. The first-order valence-electron chi connectivity index (χ1n) is 6.60. The minimum Gasteiger partial charge on any atom is -0.465 e. The van der Waals surface area contributed by atoms with E-state index in [1.807, 2.05) is 20.2 Å². The van der Waals surface area contributed by atoms with Crippen LogP contribution in [-0.2, 0) is 4.74 Å². The Labute approximate surface area is 128 Å². The molecule has 2 aromatic rings. The molecular weight excluding hydrogens is 284 g/mol. The van der Waals surface area contributed by atoms with Crippen molar-refractivity contribution in [3.05, 3.63) is 29.8 Å². The third kappa shape index (κ3) is 3.40. The third-order valence-corrected chi connectivity index (χ3v) is 2.83. The summed E-state index contributed by atoms with van der Waals surface area (Å²) in [5, 5.41) is 5.90. The van der Waals surface area contributed by atoms with Crippen LogP contribution < -0.4 is 15.5 Å². The predicted molar refractivity (Wildman–Crippen MR) is 84.8 cm³/mol. The zero-order valence-corrected chi connectivity index (χ0v) is 12.9. The van der Waals surface area contributed by atoms with Crippen LogP contribution in [0.2, 0.25) is 0 Å². The van der Waals surface area contributed by atoms with Gasteiger partial charge in [-0.3, -0.25) is 0 Å². The molecule has 0 aliphatic carbocycles. The van der Waals surface area contributed by atoms with Crippen LogP contribution in [0.5, 0.6) is 0 Å². The second-order valence-corrected chi connectivity index (χ2v) is 4.59. The van der Waals surface area contributed by atoms with Crippen LogP contribution in [0.1, 0.15) is 10.4 Å². The smallest absolute Gasteiger partial charge is 0.339 e. The SMILES string of the molecule is CNc1nc(Nc2ccccc2C(=O)OC)nc(N(C)C)n1. The quantitative estimate of drug-likeness (QED) is 0.803. The van der Waals surface area contributed by atoms with Crippen molar-refractivity contribution >= 4 is 29.5 Å². The summed E-state index contributed by atoms with van der Waals surface area (Å²) >= 11 is 0. The molecule has 0 aliphatic rings. The number of aromatic nitrogens is 3. The number of anilines is 4. The van der Waals surface area contributed by atoms with Gasteiger partial charge in [0, 0.05) is 21.1 Å². The third-order valence-electron chi connectivity index (χ3n) is 2.83. The Morgan fingerprint density at radius 3 is 2.45 bits per heavy atom. The Bertz CT molecular complexity index is 674. The van der Waals surface area contributed by atoms with E-state index >= 15 is 0 Å². The van der Waals surface area contributed by atoms with E-state index in [1.54, 1.807) is 30.1 Å². The molecule has 116 valence electrons. The molecule has 2 N–H and O–H groups in total. The molecule has 8 heteroatoms. The van der Waals surface area contributed by atoms with Gasteiger partial charge in [0.1, 0.15) is 0 Å². The van der Waals surface area contributed by atoms with Gasteiger partial charge in [0.05, 0.1) is 18.4 Å². The molecule has 0 unspecified atom stereocenters. The van der Waals surface area contributed by atoms with Gasteiger partial charge in [0.15, 0.2) is 0 Å². The van der Waals surface area contributed by atoms with E-state index in [0.29, 0.717) is 29.1 Å². The number of nitrogens with one attached hydrogen (secondary N) is 2. The number of esters is 1. The molecule has 8 nitrogen and oxygen atoms in total. The first-order chi connectivity index (χ1) is 10.5. The molecule has 0 saturated heterocycles. The number of para-hydroxylation sites is 1. The Balaban J connectivity index is 2.39. The average Bonchev–Trinajstić information content (AvgIpc) is 2.54. The van der Waals surface area contributed by atoms with Crippen LogP contribution in [0.25, 0.3) is 0 Å². The Kier molecular flexibility index (Phi) is 4.72. The lowest BCUT2D eigenvalue weighted by Crippen LogP contribution is -2.16. The van der Waals surface area contributed by atoms with Crippen LogP contribution in [0, 0.1) is 0 Å². The summed E-state index contributed by atoms with van der Waals surface area (Å²) in [6, 6.07) is 6.99. The summed E-state index contributed by atoms with van der Waals surface area (Å²) in [5.74, 6) is 0.826. The number of rotatable bonds is 5. The van der Waals surface area contributed by atoms with Crippen molar-refractivity contribution in [2.75, 3.05) is 43.8 Å². The van der Waals surface area contributed by atoms with Crippen molar-refractivity contribution < 1.29 is 9.53 Å². The van der Waals surface area contributed by atoms with Crippen molar-refractivity contribution in [3.63, 3.8) is 0 Å². The van der Waals surface area contributed by atoms with Crippen LogP contribution in [0.15, 0.2) is 24.3 Å². The van der Waals surface area contributed by atoms with Crippen molar-refractivity contribution in [1.29, 1.82) is 0 Å². The fraction of sp³-hybridized carbons (Fsp3) is 0.286. The van der Waals surface area contributed by atoms with Crippen LogP contribution in [0.3, 0.4) is 0 Å². The highest BCUT2D eigenvalue weighted by Gasteiger charge is 2.13. The van der Waals surface area contributed by atoms with Crippen LogP contribution in [-0.4, -0.2) is 49.2 Å². The monoisotopic (exact) mass is 302 g/mol. The van der Waals surface area contributed by atoms with E-state index in [4.69, 9.17) is 4.74 Å². The average molecular weight is 302 g/mol. The number of methoxy groups -OCH3 is 1. The summed E-state index contributed by atoms with van der Waals surface area (Å²) in [4.78, 5) is 26.3. The Morgan fingerprint density at radius 2 is 1.82 bits per heavy atom. The van der Waals surface area contributed by atoms with Crippen LogP contribution >= 0.6 is 0 Å². The molecule has 22 heavy (non-hydrogen) atoms. The Morgan fingerprint density at radius 1 is 1.14 bits per heavy atom. The molecule has 0 bridgehead atoms. The highest BCUT2D eigenvalue weighted by molar-refractivity contribution is 5.96. The number of carbonyl (C=O) groups is 1. The second kappa shape index (κ2) is 6.70. The molecule has 0 atom stereocenters. The maximum atomic E-state index is 11.8. The van der Waals surface area contributed by atoms with Gasteiger partial charge in [0.2, 0.25) is 17.8 Å². The van der Waals surface area contributed by atoms with E-state index < -0.39 is 5.97 Å². The number of carbonyl (C=O) groups excluding carboxylic acids is 1. The number of ether oxygens (including phenoxy) is 1. The van der Waals surface area contributed by atoms with Gasteiger partial charge in [-0.2, -0.15) is 15.0 Å². The molecule has 0 spiro atoms. The molecule has 0 radical (unpaired) electrons. The Hall–Kier alpha value is -2.90. The fourth-order valence-electron chi connectivity index (χ4n) is 1.73. The highest BCUT2D eigenvalue weighted by atomic mass is 16.5. The molecule has 1 aromatic heterocycles. The number of benzene rings is 1. The maximum absolute atomic E-state index is 11.8. The first-order valence-corrected chi connectivity index (χ1v) is 6.60. The lowest BCUT2D eigenvalue weighted by atomic mass is 10.2. The zero-order valence-electron chi connectivity index (χ0n) is 12.9. The van der Waals surface area contributed by atoms with E-state index in [0.717, 1.165) is 0 Å². The summed E-state index contributed by atoms with van der Waals surface area (Å²) in [6.45, 7) is 0. The molecule has 0 aliphatic heterocycles. The van der Waals surface area contributed by atoms with Crippen molar-refractivity contribution in [3.8, 4) is 0 Å². The largest absolute Gasteiger partial charge is 0.465 e. The zero-order chi connectivity index (χ0) is 16.1.